The number of carbonyl (C=O) groups excluding carboxylic acids is 2. The molecule has 30 heavy (non-hydrogen) atoms. The standard InChI is InChI=1S/C25H46O5/c1-3-5-7-9-10-11-12-13-14-15-16-18-20-25(28)30-23(21-26)22-29-24(27)19-17-8-6-4-2/h10-11,23,26H,3-9,12-22H2,1-2H3/b11-10-. The maximum absolute atomic E-state index is 11.9. The highest BCUT2D eigenvalue weighted by molar-refractivity contribution is 5.70. The van der Waals surface area contributed by atoms with Crippen molar-refractivity contribution >= 4 is 11.9 Å². The Morgan fingerprint density at radius 2 is 1.23 bits per heavy atom. The molecule has 0 saturated carbocycles. The van der Waals surface area contributed by atoms with E-state index < -0.39 is 6.10 Å². The first-order chi connectivity index (χ1) is 14.6. The highest BCUT2D eigenvalue weighted by Crippen LogP contribution is 2.10. The molecule has 0 aliphatic rings. The fourth-order valence-corrected chi connectivity index (χ4v) is 3.13. The van der Waals surface area contributed by atoms with Gasteiger partial charge in [-0.25, -0.2) is 0 Å². The lowest BCUT2D eigenvalue weighted by atomic mass is 10.1. The lowest BCUT2D eigenvalue weighted by Gasteiger charge is -2.15. The summed E-state index contributed by atoms with van der Waals surface area (Å²) in [6.45, 7) is 3.94. The molecule has 1 N–H and O–H groups in total. The summed E-state index contributed by atoms with van der Waals surface area (Å²) in [4.78, 5) is 23.6. The van der Waals surface area contributed by atoms with E-state index >= 15 is 0 Å². The molecule has 0 spiro atoms. The molecule has 0 fully saturated rings. The van der Waals surface area contributed by atoms with Crippen LogP contribution in [0.3, 0.4) is 0 Å². The van der Waals surface area contributed by atoms with Crippen LogP contribution in [-0.2, 0) is 19.1 Å². The van der Waals surface area contributed by atoms with Crippen LogP contribution in [0.4, 0.5) is 0 Å². The van der Waals surface area contributed by atoms with Crippen molar-refractivity contribution in [3.05, 3.63) is 12.2 Å². The largest absolute Gasteiger partial charge is 0.462 e. The molecule has 0 heterocycles. The Labute approximate surface area is 184 Å². The Bertz CT molecular complexity index is 433. The molecule has 0 aromatic heterocycles. The SMILES string of the molecule is CCCCC/C=C\CCCCCCCC(=O)OC(CO)COC(=O)CCCCCC. The van der Waals surface area contributed by atoms with Crippen LogP contribution in [0.5, 0.6) is 0 Å². The van der Waals surface area contributed by atoms with Gasteiger partial charge >= 0.3 is 11.9 Å². The quantitative estimate of drug-likeness (QED) is 0.133. The fourth-order valence-electron chi connectivity index (χ4n) is 3.13. The van der Waals surface area contributed by atoms with E-state index in [4.69, 9.17) is 9.47 Å². The number of hydrogen-bond acceptors (Lipinski definition) is 5. The van der Waals surface area contributed by atoms with Crippen LogP contribution in [0, 0.1) is 0 Å². The molecule has 176 valence electrons. The summed E-state index contributed by atoms with van der Waals surface area (Å²) in [6, 6.07) is 0. The Balaban J connectivity index is 3.63. The summed E-state index contributed by atoms with van der Waals surface area (Å²) in [7, 11) is 0. The molecule has 1 unspecified atom stereocenters. The second-order valence-corrected chi connectivity index (χ2v) is 8.06. The third kappa shape index (κ3) is 19.9. The molecule has 0 saturated heterocycles. The zero-order chi connectivity index (χ0) is 22.3. The molecule has 0 bridgehead atoms. The van der Waals surface area contributed by atoms with Gasteiger partial charge in [0, 0.05) is 12.8 Å². The van der Waals surface area contributed by atoms with Gasteiger partial charge < -0.3 is 14.6 Å². The fraction of sp³-hybridized carbons (Fsp3) is 0.840. The lowest BCUT2D eigenvalue weighted by molar-refractivity contribution is -0.161. The van der Waals surface area contributed by atoms with Crippen LogP contribution >= 0.6 is 0 Å². The van der Waals surface area contributed by atoms with E-state index in [1.807, 2.05) is 0 Å². The van der Waals surface area contributed by atoms with Crippen molar-refractivity contribution < 1.29 is 24.2 Å². The van der Waals surface area contributed by atoms with E-state index in [2.05, 4.69) is 26.0 Å². The highest BCUT2D eigenvalue weighted by Gasteiger charge is 2.15. The molecular weight excluding hydrogens is 380 g/mol. The number of aliphatic hydroxyl groups is 1. The van der Waals surface area contributed by atoms with Crippen molar-refractivity contribution in [1.82, 2.24) is 0 Å². The van der Waals surface area contributed by atoms with Gasteiger partial charge in [0.25, 0.3) is 0 Å². The lowest BCUT2D eigenvalue weighted by Crippen LogP contribution is -2.28. The summed E-state index contributed by atoms with van der Waals surface area (Å²) in [5, 5.41) is 9.33. The van der Waals surface area contributed by atoms with Crippen molar-refractivity contribution in [1.29, 1.82) is 0 Å². The molecule has 0 aliphatic carbocycles. The zero-order valence-corrected chi connectivity index (χ0v) is 19.5. The van der Waals surface area contributed by atoms with E-state index in [0.717, 1.165) is 51.4 Å². The third-order valence-corrected chi connectivity index (χ3v) is 5.06. The van der Waals surface area contributed by atoms with E-state index in [-0.39, 0.29) is 25.2 Å². The molecule has 1 atom stereocenters. The number of carbonyl (C=O) groups is 2. The molecular formula is C25H46O5. The Hall–Kier alpha value is -1.36. The number of rotatable bonds is 21. The molecule has 5 heteroatoms. The summed E-state index contributed by atoms with van der Waals surface area (Å²) in [5.74, 6) is -0.625. The zero-order valence-electron chi connectivity index (χ0n) is 19.5. The van der Waals surface area contributed by atoms with Gasteiger partial charge in [0.2, 0.25) is 0 Å². The number of esters is 2. The first kappa shape index (κ1) is 28.6. The van der Waals surface area contributed by atoms with Gasteiger partial charge in [-0.15, -0.1) is 0 Å². The number of allylic oxidation sites excluding steroid dienone is 2. The minimum Gasteiger partial charge on any atom is -0.462 e. The first-order valence-corrected chi connectivity index (χ1v) is 12.2. The van der Waals surface area contributed by atoms with Crippen LogP contribution in [0.1, 0.15) is 117 Å². The third-order valence-electron chi connectivity index (χ3n) is 5.06. The number of hydrogen-bond donors (Lipinski definition) is 1. The Morgan fingerprint density at radius 1 is 0.733 bits per heavy atom. The maximum Gasteiger partial charge on any atom is 0.306 e. The minimum absolute atomic E-state index is 0.0686. The molecule has 5 nitrogen and oxygen atoms in total. The summed E-state index contributed by atoms with van der Waals surface area (Å²) < 4.78 is 10.3. The van der Waals surface area contributed by atoms with Gasteiger partial charge in [-0.3, -0.25) is 9.59 Å². The minimum atomic E-state index is -0.763. The van der Waals surface area contributed by atoms with Gasteiger partial charge in [0.05, 0.1) is 6.61 Å². The highest BCUT2D eigenvalue weighted by atomic mass is 16.6. The van der Waals surface area contributed by atoms with Gasteiger partial charge in [-0.1, -0.05) is 77.4 Å². The average molecular weight is 427 g/mol. The number of unbranched alkanes of at least 4 members (excludes halogenated alkanes) is 11. The Morgan fingerprint density at radius 3 is 1.87 bits per heavy atom. The van der Waals surface area contributed by atoms with E-state index in [1.54, 1.807) is 0 Å². The summed E-state index contributed by atoms with van der Waals surface area (Å²) in [6.07, 6.45) is 20.1. The van der Waals surface area contributed by atoms with Crippen LogP contribution < -0.4 is 0 Å². The maximum atomic E-state index is 11.9. The van der Waals surface area contributed by atoms with Crippen molar-refractivity contribution in [2.45, 2.75) is 123 Å². The molecule has 0 radical (unpaired) electrons. The van der Waals surface area contributed by atoms with Gasteiger partial charge in [-0.05, 0) is 38.5 Å². The smallest absolute Gasteiger partial charge is 0.306 e. The average Bonchev–Trinajstić information content (AvgIpc) is 2.74. The predicted molar refractivity (Wildman–Crippen MR) is 122 cm³/mol. The van der Waals surface area contributed by atoms with Crippen LogP contribution in [0.25, 0.3) is 0 Å². The van der Waals surface area contributed by atoms with E-state index in [9.17, 15) is 14.7 Å². The van der Waals surface area contributed by atoms with Crippen molar-refractivity contribution in [3.63, 3.8) is 0 Å². The monoisotopic (exact) mass is 426 g/mol. The van der Waals surface area contributed by atoms with Gasteiger partial charge in [0.1, 0.15) is 6.61 Å². The number of ether oxygens (including phenoxy) is 2. The predicted octanol–water partition coefficient (Wildman–Crippen LogP) is 6.27. The second kappa shape index (κ2) is 22.3. The van der Waals surface area contributed by atoms with E-state index in [1.165, 1.54) is 38.5 Å². The van der Waals surface area contributed by atoms with Gasteiger partial charge in [-0.2, -0.15) is 0 Å². The first-order valence-electron chi connectivity index (χ1n) is 12.2. The molecule has 0 aromatic rings. The van der Waals surface area contributed by atoms with E-state index in [0.29, 0.717) is 12.8 Å². The molecule has 0 aliphatic heterocycles. The van der Waals surface area contributed by atoms with Gasteiger partial charge in [0.15, 0.2) is 6.10 Å². The molecule has 0 rings (SSSR count). The molecule has 0 amide bonds. The van der Waals surface area contributed by atoms with Crippen molar-refractivity contribution in [2.75, 3.05) is 13.2 Å². The van der Waals surface area contributed by atoms with Crippen molar-refractivity contribution in [3.8, 4) is 0 Å². The summed E-state index contributed by atoms with van der Waals surface area (Å²) >= 11 is 0. The Kier molecular flexibility index (Phi) is 21.3. The molecule has 0 aromatic carbocycles. The van der Waals surface area contributed by atoms with Crippen LogP contribution in [-0.4, -0.2) is 36.4 Å². The topological polar surface area (TPSA) is 72.8 Å². The summed E-state index contributed by atoms with van der Waals surface area (Å²) in [5.41, 5.74) is 0. The van der Waals surface area contributed by atoms with Crippen LogP contribution in [0.15, 0.2) is 12.2 Å². The second-order valence-electron chi connectivity index (χ2n) is 8.06. The van der Waals surface area contributed by atoms with Crippen molar-refractivity contribution in [2.24, 2.45) is 0 Å². The number of aliphatic hydroxyl groups excluding tert-OH is 1. The normalized spacial score (nSPS) is 12.2. The van der Waals surface area contributed by atoms with Crippen LogP contribution in [0.2, 0.25) is 0 Å².